The van der Waals surface area contributed by atoms with E-state index in [1.807, 2.05) is 6.07 Å². The molecule has 0 unspecified atom stereocenters. The van der Waals surface area contributed by atoms with Crippen molar-refractivity contribution in [2.75, 3.05) is 14.2 Å². The third kappa shape index (κ3) is 1.58. The van der Waals surface area contributed by atoms with Gasteiger partial charge in [0.1, 0.15) is 5.75 Å². The summed E-state index contributed by atoms with van der Waals surface area (Å²) in [4.78, 5) is 15.7. The average Bonchev–Trinajstić information content (AvgIpc) is 2.36. The van der Waals surface area contributed by atoms with E-state index in [9.17, 15) is 4.79 Å². The Morgan fingerprint density at radius 3 is 2.75 bits per heavy atom. The molecule has 0 bridgehead atoms. The molecule has 16 heavy (non-hydrogen) atoms. The molecule has 0 radical (unpaired) electrons. The van der Waals surface area contributed by atoms with Gasteiger partial charge >= 0.3 is 5.97 Å². The second-order valence-electron chi connectivity index (χ2n) is 3.21. The average molecular weight is 217 g/mol. The predicted molar refractivity (Wildman–Crippen MR) is 59.6 cm³/mol. The summed E-state index contributed by atoms with van der Waals surface area (Å²) < 4.78 is 9.90. The van der Waals surface area contributed by atoms with Crippen molar-refractivity contribution in [2.45, 2.75) is 0 Å². The van der Waals surface area contributed by atoms with Gasteiger partial charge in [0.25, 0.3) is 0 Å². The first kappa shape index (κ1) is 10.4. The van der Waals surface area contributed by atoms with Gasteiger partial charge in [-0.15, -0.1) is 0 Å². The van der Waals surface area contributed by atoms with Crippen LogP contribution in [0.2, 0.25) is 0 Å². The van der Waals surface area contributed by atoms with Crippen LogP contribution in [0.25, 0.3) is 10.9 Å². The van der Waals surface area contributed by atoms with Crippen LogP contribution in [0.3, 0.4) is 0 Å². The van der Waals surface area contributed by atoms with Gasteiger partial charge < -0.3 is 9.47 Å². The number of nitrogens with zero attached hydrogens (tertiary/aromatic N) is 1. The van der Waals surface area contributed by atoms with Gasteiger partial charge in [-0.1, -0.05) is 6.07 Å². The number of hydrogen-bond donors (Lipinski definition) is 0. The first-order valence-corrected chi connectivity index (χ1v) is 4.78. The fourth-order valence-electron chi connectivity index (χ4n) is 1.60. The molecule has 0 aliphatic heterocycles. The SMILES string of the molecule is COC(=O)c1cccc2c(OC)ccnc12. The van der Waals surface area contributed by atoms with Crippen LogP contribution in [-0.4, -0.2) is 25.2 Å². The number of pyridine rings is 1. The Kier molecular flexibility index (Phi) is 2.72. The predicted octanol–water partition coefficient (Wildman–Crippen LogP) is 2.03. The minimum absolute atomic E-state index is 0.397. The van der Waals surface area contributed by atoms with Gasteiger partial charge in [0.15, 0.2) is 0 Å². The largest absolute Gasteiger partial charge is 0.496 e. The molecular formula is C12H11NO3. The molecule has 4 nitrogen and oxygen atoms in total. The van der Waals surface area contributed by atoms with Crippen molar-refractivity contribution < 1.29 is 14.3 Å². The molecule has 1 heterocycles. The molecule has 0 amide bonds. The quantitative estimate of drug-likeness (QED) is 0.722. The topological polar surface area (TPSA) is 48.4 Å². The van der Waals surface area contributed by atoms with Crippen LogP contribution in [0.5, 0.6) is 5.75 Å². The normalized spacial score (nSPS) is 10.1. The molecule has 82 valence electrons. The molecule has 0 spiro atoms. The van der Waals surface area contributed by atoms with E-state index in [1.54, 1.807) is 31.5 Å². The number of ether oxygens (including phenoxy) is 2. The molecule has 0 aliphatic rings. The highest BCUT2D eigenvalue weighted by Gasteiger charge is 2.12. The molecule has 4 heteroatoms. The monoisotopic (exact) mass is 217 g/mol. The molecular weight excluding hydrogens is 206 g/mol. The fraction of sp³-hybridized carbons (Fsp3) is 0.167. The fourth-order valence-corrected chi connectivity index (χ4v) is 1.60. The molecule has 0 saturated heterocycles. The molecule has 0 fully saturated rings. The first-order valence-electron chi connectivity index (χ1n) is 4.78. The molecule has 0 saturated carbocycles. The Bertz CT molecular complexity index is 537. The van der Waals surface area contributed by atoms with Crippen LogP contribution in [-0.2, 0) is 4.74 Å². The lowest BCUT2D eigenvalue weighted by Gasteiger charge is -2.07. The lowest BCUT2D eigenvalue weighted by molar-refractivity contribution is 0.0603. The van der Waals surface area contributed by atoms with Crippen LogP contribution in [0.4, 0.5) is 0 Å². The van der Waals surface area contributed by atoms with Crippen LogP contribution in [0.1, 0.15) is 10.4 Å². The van der Waals surface area contributed by atoms with E-state index in [4.69, 9.17) is 9.47 Å². The van der Waals surface area contributed by atoms with Crippen LogP contribution in [0, 0.1) is 0 Å². The van der Waals surface area contributed by atoms with Gasteiger partial charge in [0.05, 0.1) is 25.3 Å². The minimum atomic E-state index is -0.397. The lowest BCUT2D eigenvalue weighted by atomic mass is 10.1. The number of carbonyl (C=O) groups excluding carboxylic acids is 1. The van der Waals surface area contributed by atoms with E-state index in [0.29, 0.717) is 16.8 Å². The highest BCUT2D eigenvalue weighted by atomic mass is 16.5. The summed E-state index contributed by atoms with van der Waals surface area (Å²) >= 11 is 0. The molecule has 0 atom stereocenters. The van der Waals surface area contributed by atoms with Crippen LogP contribution in [0.15, 0.2) is 30.5 Å². The maximum Gasteiger partial charge on any atom is 0.340 e. The highest BCUT2D eigenvalue weighted by molar-refractivity contribution is 6.04. The summed E-state index contributed by atoms with van der Waals surface area (Å²) in [6, 6.07) is 7.07. The Hall–Kier alpha value is -2.10. The third-order valence-electron chi connectivity index (χ3n) is 2.36. The van der Waals surface area contributed by atoms with Crippen LogP contribution < -0.4 is 4.74 Å². The second-order valence-corrected chi connectivity index (χ2v) is 3.21. The number of fused-ring (bicyclic) bond motifs is 1. The van der Waals surface area contributed by atoms with Crippen LogP contribution >= 0.6 is 0 Å². The van der Waals surface area contributed by atoms with Gasteiger partial charge in [0.2, 0.25) is 0 Å². The van der Waals surface area contributed by atoms with E-state index in [1.165, 1.54) is 7.11 Å². The van der Waals surface area contributed by atoms with Gasteiger partial charge in [-0.05, 0) is 18.2 Å². The maximum absolute atomic E-state index is 11.5. The summed E-state index contributed by atoms with van der Waals surface area (Å²) in [6.45, 7) is 0. The van der Waals surface area contributed by atoms with E-state index in [0.717, 1.165) is 5.39 Å². The first-order chi connectivity index (χ1) is 7.77. The Morgan fingerprint density at radius 2 is 2.06 bits per heavy atom. The van der Waals surface area contributed by atoms with Gasteiger partial charge in [-0.3, -0.25) is 4.98 Å². The van der Waals surface area contributed by atoms with Gasteiger partial charge in [0, 0.05) is 11.6 Å². The van der Waals surface area contributed by atoms with E-state index in [-0.39, 0.29) is 0 Å². The zero-order valence-corrected chi connectivity index (χ0v) is 9.06. The Morgan fingerprint density at radius 1 is 1.25 bits per heavy atom. The van der Waals surface area contributed by atoms with Crippen molar-refractivity contribution >= 4 is 16.9 Å². The van der Waals surface area contributed by atoms with E-state index in [2.05, 4.69) is 4.98 Å². The number of rotatable bonds is 2. The lowest BCUT2D eigenvalue weighted by Crippen LogP contribution is -2.03. The molecule has 1 aromatic heterocycles. The summed E-state index contributed by atoms with van der Waals surface area (Å²) in [5, 5.41) is 0.799. The van der Waals surface area contributed by atoms with Crippen molar-refractivity contribution in [3.05, 3.63) is 36.0 Å². The smallest absolute Gasteiger partial charge is 0.340 e. The van der Waals surface area contributed by atoms with E-state index < -0.39 is 5.97 Å². The number of benzene rings is 1. The Balaban J connectivity index is 2.73. The number of carbonyl (C=O) groups is 1. The molecule has 2 aromatic rings. The zero-order chi connectivity index (χ0) is 11.5. The zero-order valence-electron chi connectivity index (χ0n) is 9.06. The van der Waals surface area contributed by atoms with Crippen molar-refractivity contribution in [3.63, 3.8) is 0 Å². The van der Waals surface area contributed by atoms with Crippen molar-refractivity contribution in [3.8, 4) is 5.75 Å². The number of aromatic nitrogens is 1. The van der Waals surface area contributed by atoms with Crippen molar-refractivity contribution in [1.82, 2.24) is 4.98 Å². The summed E-state index contributed by atoms with van der Waals surface area (Å²) in [7, 11) is 2.93. The number of esters is 1. The maximum atomic E-state index is 11.5. The highest BCUT2D eigenvalue weighted by Crippen LogP contribution is 2.25. The molecule has 0 N–H and O–H groups in total. The van der Waals surface area contributed by atoms with E-state index >= 15 is 0 Å². The number of hydrogen-bond acceptors (Lipinski definition) is 4. The number of methoxy groups -OCH3 is 2. The number of para-hydroxylation sites is 1. The third-order valence-corrected chi connectivity index (χ3v) is 2.36. The standard InChI is InChI=1S/C12H11NO3/c1-15-10-6-7-13-11-8(10)4-3-5-9(11)12(14)16-2/h3-7H,1-2H3. The Labute approximate surface area is 92.8 Å². The summed E-state index contributed by atoms with van der Waals surface area (Å²) in [5.74, 6) is 0.294. The summed E-state index contributed by atoms with van der Waals surface area (Å²) in [6.07, 6.45) is 1.60. The van der Waals surface area contributed by atoms with Crippen molar-refractivity contribution in [2.24, 2.45) is 0 Å². The summed E-state index contributed by atoms with van der Waals surface area (Å²) in [5.41, 5.74) is 1.03. The van der Waals surface area contributed by atoms with Gasteiger partial charge in [-0.2, -0.15) is 0 Å². The van der Waals surface area contributed by atoms with Crippen molar-refractivity contribution in [1.29, 1.82) is 0 Å². The molecule has 0 aliphatic carbocycles. The van der Waals surface area contributed by atoms with Gasteiger partial charge in [-0.25, -0.2) is 4.79 Å². The minimum Gasteiger partial charge on any atom is -0.496 e. The molecule has 2 rings (SSSR count). The second kappa shape index (κ2) is 4.18. The molecule has 1 aromatic carbocycles.